The van der Waals surface area contributed by atoms with Gasteiger partial charge in [0.05, 0.1) is 0 Å². The molecule has 1 N–H and O–H groups in total. The lowest BCUT2D eigenvalue weighted by atomic mass is 10.2. The molecule has 0 spiro atoms. The Labute approximate surface area is 116 Å². The van der Waals surface area contributed by atoms with Gasteiger partial charge >= 0.3 is 6.18 Å². The Morgan fingerprint density at radius 2 is 2.00 bits per heavy atom. The van der Waals surface area contributed by atoms with Gasteiger partial charge in [-0.2, -0.15) is 13.2 Å². The molecule has 9 heteroatoms. The number of hydrogen-bond acceptors (Lipinski definition) is 3. The molecule has 1 heterocycles. The van der Waals surface area contributed by atoms with Crippen LogP contribution in [0.25, 0.3) is 0 Å². The molecule has 1 aromatic heterocycles. The van der Waals surface area contributed by atoms with Crippen LogP contribution < -0.4 is 4.72 Å². The summed E-state index contributed by atoms with van der Waals surface area (Å²) in [5.41, 5.74) is 0. The van der Waals surface area contributed by atoms with Crippen molar-refractivity contribution < 1.29 is 21.6 Å². The monoisotopic (exact) mass is 365 g/mol. The molecule has 3 nitrogen and oxygen atoms in total. The van der Waals surface area contributed by atoms with E-state index in [-0.39, 0.29) is 23.6 Å². The Morgan fingerprint density at radius 1 is 1.33 bits per heavy atom. The molecule has 0 radical (unpaired) electrons. The molecule has 1 aromatic rings. The lowest BCUT2D eigenvalue weighted by Crippen LogP contribution is -2.24. The predicted molar refractivity (Wildman–Crippen MR) is 67.1 cm³/mol. The number of sulfonamides is 1. The highest BCUT2D eigenvalue weighted by molar-refractivity contribution is 9.10. The second-order valence-corrected chi connectivity index (χ2v) is 7.26. The number of nitrogens with one attached hydrogen (secondary N) is 1. The van der Waals surface area contributed by atoms with E-state index in [1.807, 2.05) is 0 Å². The molecule has 0 bridgehead atoms. The summed E-state index contributed by atoms with van der Waals surface area (Å²) >= 11 is 4.14. The first kappa shape index (κ1) is 15.9. The van der Waals surface area contributed by atoms with E-state index in [0.717, 1.165) is 11.3 Å². The molecule has 0 saturated carbocycles. The third kappa shape index (κ3) is 5.25. The summed E-state index contributed by atoms with van der Waals surface area (Å²) in [7, 11) is -3.62. The number of unbranched alkanes of at least 4 members (excludes halogenated alkanes) is 1. The molecule has 0 aliphatic carbocycles. The molecule has 104 valence electrons. The highest BCUT2D eigenvalue weighted by atomic mass is 79.9. The van der Waals surface area contributed by atoms with Crippen LogP contribution in [0.4, 0.5) is 13.2 Å². The van der Waals surface area contributed by atoms with Crippen LogP contribution >= 0.6 is 27.3 Å². The number of halogens is 4. The summed E-state index contributed by atoms with van der Waals surface area (Å²) in [4.78, 5) is 0. The SMILES string of the molecule is O=S(=O)(NCCCCC(F)(F)F)c1sccc1Br. The Balaban J connectivity index is 2.38. The second-order valence-electron chi connectivity index (χ2n) is 3.53. The smallest absolute Gasteiger partial charge is 0.210 e. The summed E-state index contributed by atoms with van der Waals surface area (Å²) in [6.45, 7) is 0.00273. The molecular formula is C9H11BrF3NO2S2. The van der Waals surface area contributed by atoms with Crippen molar-refractivity contribution in [2.45, 2.75) is 29.6 Å². The molecule has 0 aliphatic heterocycles. The maximum atomic E-state index is 11.8. The molecule has 18 heavy (non-hydrogen) atoms. The van der Waals surface area contributed by atoms with Crippen molar-refractivity contribution in [2.75, 3.05) is 6.54 Å². The molecule has 0 fully saturated rings. The van der Waals surface area contributed by atoms with E-state index in [2.05, 4.69) is 20.7 Å². The van der Waals surface area contributed by atoms with Gasteiger partial charge in [0.15, 0.2) is 0 Å². The highest BCUT2D eigenvalue weighted by Gasteiger charge is 2.26. The fourth-order valence-electron chi connectivity index (χ4n) is 1.19. The van der Waals surface area contributed by atoms with Crippen LogP contribution in [-0.4, -0.2) is 21.1 Å². The van der Waals surface area contributed by atoms with Crippen molar-refractivity contribution in [3.63, 3.8) is 0 Å². The molecule has 0 saturated heterocycles. The van der Waals surface area contributed by atoms with Crippen molar-refractivity contribution in [3.05, 3.63) is 15.9 Å². The van der Waals surface area contributed by atoms with E-state index in [4.69, 9.17) is 0 Å². The molecule has 0 atom stereocenters. The van der Waals surface area contributed by atoms with Crippen LogP contribution in [0.3, 0.4) is 0 Å². The normalized spacial score (nSPS) is 12.9. The number of alkyl halides is 3. The van der Waals surface area contributed by atoms with Gasteiger partial charge in [-0.1, -0.05) is 0 Å². The van der Waals surface area contributed by atoms with E-state index < -0.39 is 22.6 Å². The summed E-state index contributed by atoms with van der Waals surface area (Å²) in [5.74, 6) is 0. The van der Waals surface area contributed by atoms with Gasteiger partial charge in [-0.3, -0.25) is 0 Å². The van der Waals surface area contributed by atoms with Gasteiger partial charge in [0.1, 0.15) is 4.21 Å². The molecule has 1 rings (SSSR count). The minimum absolute atomic E-state index is 0.00273. The second kappa shape index (κ2) is 6.36. The number of thiophene rings is 1. The minimum Gasteiger partial charge on any atom is -0.210 e. The Kier molecular flexibility index (Phi) is 5.63. The maximum Gasteiger partial charge on any atom is 0.389 e. The van der Waals surface area contributed by atoms with Gasteiger partial charge in [0.2, 0.25) is 0 Å². The third-order valence-corrected chi connectivity index (χ3v) is 6.14. The quantitative estimate of drug-likeness (QED) is 0.783. The summed E-state index contributed by atoms with van der Waals surface area (Å²) in [6, 6.07) is 1.60. The van der Waals surface area contributed by atoms with Gasteiger partial charge in [0, 0.05) is 17.4 Å². The summed E-state index contributed by atoms with van der Waals surface area (Å²) in [6.07, 6.45) is -5.01. The zero-order valence-corrected chi connectivity index (χ0v) is 12.3. The van der Waals surface area contributed by atoms with Gasteiger partial charge in [-0.05, 0) is 40.2 Å². The fourth-order valence-corrected chi connectivity index (χ4v) is 4.65. The third-order valence-electron chi connectivity index (χ3n) is 2.01. The van der Waals surface area contributed by atoms with Crippen LogP contribution in [0, 0.1) is 0 Å². The molecular weight excluding hydrogens is 355 g/mol. The highest BCUT2D eigenvalue weighted by Crippen LogP contribution is 2.27. The van der Waals surface area contributed by atoms with Gasteiger partial charge < -0.3 is 0 Å². The molecule has 0 aliphatic rings. The van der Waals surface area contributed by atoms with E-state index >= 15 is 0 Å². The van der Waals surface area contributed by atoms with E-state index in [0.29, 0.717) is 4.47 Å². The van der Waals surface area contributed by atoms with Crippen molar-refractivity contribution in [1.29, 1.82) is 0 Å². The first-order valence-corrected chi connectivity index (χ1v) is 8.17. The summed E-state index contributed by atoms with van der Waals surface area (Å²) in [5, 5.41) is 1.61. The summed E-state index contributed by atoms with van der Waals surface area (Å²) < 4.78 is 61.9. The van der Waals surface area contributed by atoms with E-state index in [1.165, 1.54) is 0 Å². The molecule has 0 unspecified atom stereocenters. The first-order valence-electron chi connectivity index (χ1n) is 5.02. The number of rotatable bonds is 6. The van der Waals surface area contributed by atoms with E-state index in [1.54, 1.807) is 11.4 Å². The lowest BCUT2D eigenvalue weighted by molar-refractivity contribution is -0.135. The average molecular weight is 366 g/mol. The topological polar surface area (TPSA) is 46.2 Å². The molecule has 0 aromatic carbocycles. The van der Waals surface area contributed by atoms with Crippen molar-refractivity contribution in [2.24, 2.45) is 0 Å². The van der Waals surface area contributed by atoms with Crippen LogP contribution in [0.1, 0.15) is 19.3 Å². The van der Waals surface area contributed by atoms with Gasteiger partial charge in [-0.15, -0.1) is 11.3 Å². The van der Waals surface area contributed by atoms with Crippen LogP contribution in [0.5, 0.6) is 0 Å². The Hall–Kier alpha value is -0.120. The maximum absolute atomic E-state index is 11.8. The molecule has 0 amide bonds. The average Bonchev–Trinajstić information content (AvgIpc) is 2.62. The fraction of sp³-hybridized carbons (Fsp3) is 0.556. The Bertz CT molecular complexity index is 484. The zero-order valence-electron chi connectivity index (χ0n) is 9.13. The van der Waals surface area contributed by atoms with Gasteiger partial charge in [-0.25, -0.2) is 13.1 Å². The van der Waals surface area contributed by atoms with Crippen LogP contribution in [0.2, 0.25) is 0 Å². The largest absolute Gasteiger partial charge is 0.389 e. The first-order chi connectivity index (χ1) is 8.22. The Morgan fingerprint density at radius 3 is 2.50 bits per heavy atom. The van der Waals surface area contributed by atoms with Crippen molar-refractivity contribution in [3.8, 4) is 0 Å². The van der Waals surface area contributed by atoms with Crippen LogP contribution in [0.15, 0.2) is 20.1 Å². The predicted octanol–water partition coefficient (Wildman–Crippen LogP) is 3.52. The minimum atomic E-state index is -4.18. The van der Waals surface area contributed by atoms with Crippen molar-refractivity contribution >= 4 is 37.3 Å². The lowest BCUT2D eigenvalue weighted by Gasteiger charge is -2.07. The number of hydrogen-bond donors (Lipinski definition) is 1. The standard InChI is InChI=1S/C9H11BrF3NO2S2/c10-7-3-6-17-8(7)18(15,16)14-5-2-1-4-9(11,12)13/h3,6,14H,1-2,4-5H2. The van der Waals surface area contributed by atoms with E-state index in [9.17, 15) is 21.6 Å². The van der Waals surface area contributed by atoms with Crippen LogP contribution in [-0.2, 0) is 10.0 Å². The van der Waals surface area contributed by atoms with Gasteiger partial charge in [0.25, 0.3) is 10.0 Å². The zero-order chi connectivity index (χ0) is 13.8. The van der Waals surface area contributed by atoms with Crippen molar-refractivity contribution in [1.82, 2.24) is 4.72 Å².